The monoisotopic (exact) mass is 248 g/mol. The first-order valence-corrected chi connectivity index (χ1v) is 5.77. The summed E-state index contributed by atoms with van der Waals surface area (Å²) in [6.45, 7) is 1.91. The molecule has 0 fully saturated rings. The molecule has 1 unspecified atom stereocenters. The predicted octanol–water partition coefficient (Wildman–Crippen LogP) is 2.05. The van der Waals surface area contributed by atoms with E-state index in [9.17, 15) is 9.90 Å². The third-order valence-corrected chi connectivity index (χ3v) is 3.01. The second-order valence-electron chi connectivity index (χ2n) is 4.46. The van der Waals surface area contributed by atoms with Gasteiger partial charge in [-0.25, -0.2) is 0 Å². The predicted molar refractivity (Wildman–Crippen MR) is 68.5 cm³/mol. The molecule has 1 heterocycles. The van der Waals surface area contributed by atoms with Crippen LogP contribution in [0.5, 0.6) is 5.75 Å². The maximum atomic E-state index is 10.5. The molecule has 0 saturated heterocycles. The Morgan fingerprint density at radius 1 is 1.50 bits per heavy atom. The lowest BCUT2D eigenvalue weighted by molar-refractivity contribution is -0.137. The summed E-state index contributed by atoms with van der Waals surface area (Å²) in [5, 5.41) is 19.5. The minimum Gasteiger partial charge on any atom is -0.507 e. The van der Waals surface area contributed by atoms with E-state index in [1.165, 1.54) is 0 Å². The molecule has 96 valence electrons. The van der Waals surface area contributed by atoms with Gasteiger partial charge in [0.2, 0.25) is 0 Å². The summed E-state index contributed by atoms with van der Waals surface area (Å²) in [6.07, 6.45) is 0.294. The van der Waals surface area contributed by atoms with Crippen LogP contribution in [0.25, 0.3) is 10.9 Å². The van der Waals surface area contributed by atoms with Crippen LogP contribution in [0.15, 0.2) is 18.2 Å². The lowest BCUT2D eigenvalue weighted by atomic mass is 10.00. The van der Waals surface area contributed by atoms with Crippen LogP contribution >= 0.6 is 0 Å². The van der Waals surface area contributed by atoms with Crippen molar-refractivity contribution in [3.63, 3.8) is 0 Å². The quantitative estimate of drug-likeness (QED) is 0.665. The number of aromatic hydroxyl groups is 1. The van der Waals surface area contributed by atoms with Crippen molar-refractivity contribution >= 4 is 16.9 Å². The number of hydrogen-bond donors (Lipinski definition) is 4. The zero-order valence-electron chi connectivity index (χ0n) is 10.1. The number of nitrogens with one attached hydrogen (secondary N) is 1. The van der Waals surface area contributed by atoms with Crippen molar-refractivity contribution in [1.82, 2.24) is 4.98 Å². The van der Waals surface area contributed by atoms with Gasteiger partial charge < -0.3 is 20.9 Å². The molecule has 0 bridgehead atoms. The number of rotatable bonds is 4. The number of phenols is 1. The lowest BCUT2D eigenvalue weighted by Crippen LogP contribution is -2.12. The number of carboxylic acid groups (broad SMARTS) is 1. The summed E-state index contributed by atoms with van der Waals surface area (Å²) in [5.41, 5.74) is 8.30. The van der Waals surface area contributed by atoms with Crippen LogP contribution in [0.3, 0.4) is 0 Å². The van der Waals surface area contributed by atoms with Gasteiger partial charge in [-0.2, -0.15) is 0 Å². The van der Waals surface area contributed by atoms with Crippen LogP contribution < -0.4 is 5.73 Å². The number of phenolic OH excluding ortho intramolecular Hbond substituents is 1. The average Bonchev–Trinajstić information content (AvgIpc) is 2.68. The molecule has 1 atom stereocenters. The van der Waals surface area contributed by atoms with Gasteiger partial charge >= 0.3 is 5.97 Å². The van der Waals surface area contributed by atoms with E-state index in [4.69, 9.17) is 10.8 Å². The van der Waals surface area contributed by atoms with E-state index in [-0.39, 0.29) is 12.2 Å². The number of fused-ring (bicyclic) bond motifs is 1. The number of carboxylic acids is 1. The Morgan fingerprint density at radius 2 is 2.22 bits per heavy atom. The van der Waals surface area contributed by atoms with E-state index in [0.717, 1.165) is 16.6 Å². The first-order valence-electron chi connectivity index (χ1n) is 5.77. The third-order valence-electron chi connectivity index (χ3n) is 3.01. The van der Waals surface area contributed by atoms with Gasteiger partial charge in [0.15, 0.2) is 0 Å². The molecule has 5 heteroatoms. The summed E-state index contributed by atoms with van der Waals surface area (Å²) in [5.74, 6) is -0.752. The SMILES string of the molecule is Cc1cc2c(O)c(C(N)CCC(=O)O)ccc2[nH]1. The summed E-state index contributed by atoms with van der Waals surface area (Å²) in [6, 6.07) is 4.96. The van der Waals surface area contributed by atoms with Crippen molar-refractivity contribution in [3.05, 3.63) is 29.5 Å². The highest BCUT2D eigenvalue weighted by Crippen LogP contribution is 2.33. The molecule has 2 rings (SSSR count). The molecule has 1 aromatic heterocycles. The number of H-pyrrole nitrogens is 1. The zero-order chi connectivity index (χ0) is 13.3. The fraction of sp³-hybridized carbons (Fsp3) is 0.308. The molecule has 0 aliphatic heterocycles. The Balaban J connectivity index is 2.33. The number of hydrogen-bond acceptors (Lipinski definition) is 3. The number of benzene rings is 1. The Morgan fingerprint density at radius 3 is 2.89 bits per heavy atom. The van der Waals surface area contributed by atoms with Gasteiger partial charge in [0.1, 0.15) is 5.75 Å². The summed E-state index contributed by atoms with van der Waals surface area (Å²) in [7, 11) is 0. The maximum Gasteiger partial charge on any atom is 0.303 e. The molecular formula is C13H16N2O3. The molecule has 1 aromatic carbocycles. The molecule has 0 amide bonds. The van der Waals surface area contributed by atoms with Gasteiger partial charge in [-0.3, -0.25) is 4.79 Å². The van der Waals surface area contributed by atoms with Gasteiger partial charge in [0, 0.05) is 34.6 Å². The van der Waals surface area contributed by atoms with Crippen molar-refractivity contribution < 1.29 is 15.0 Å². The van der Waals surface area contributed by atoms with Gasteiger partial charge in [0.25, 0.3) is 0 Å². The summed E-state index contributed by atoms with van der Waals surface area (Å²) >= 11 is 0. The molecular weight excluding hydrogens is 232 g/mol. The highest BCUT2D eigenvalue weighted by Gasteiger charge is 2.15. The van der Waals surface area contributed by atoms with Crippen molar-refractivity contribution in [2.75, 3.05) is 0 Å². The summed E-state index contributed by atoms with van der Waals surface area (Å²) < 4.78 is 0. The zero-order valence-corrected chi connectivity index (χ0v) is 10.1. The molecule has 0 saturated carbocycles. The first-order chi connectivity index (χ1) is 8.49. The van der Waals surface area contributed by atoms with E-state index in [1.54, 1.807) is 6.07 Å². The molecule has 2 aromatic rings. The lowest BCUT2D eigenvalue weighted by Gasteiger charge is -2.13. The second-order valence-corrected chi connectivity index (χ2v) is 4.46. The van der Waals surface area contributed by atoms with E-state index in [0.29, 0.717) is 12.0 Å². The standard InChI is InChI=1S/C13H16N2O3/c1-7-6-9-11(15-7)4-2-8(13(9)18)10(14)3-5-12(16)17/h2,4,6,10,15,18H,3,5,14H2,1H3,(H,16,17). The second kappa shape index (κ2) is 4.70. The number of aromatic amines is 1. The average molecular weight is 248 g/mol. The van der Waals surface area contributed by atoms with E-state index in [1.807, 2.05) is 19.1 Å². The van der Waals surface area contributed by atoms with Crippen LogP contribution in [-0.2, 0) is 4.79 Å². The van der Waals surface area contributed by atoms with Crippen LogP contribution in [0.2, 0.25) is 0 Å². The summed E-state index contributed by atoms with van der Waals surface area (Å²) in [4.78, 5) is 13.6. The molecule has 18 heavy (non-hydrogen) atoms. The molecule has 0 aliphatic rings. The van der Waals surface area contributed by atoms with Crippen LogP contribution in [-0.4, -0.2) is 21.2 Å². The number of nitrogens with two attached hydrogens (primary N) is 1. The smallest absolute Gasteiger partial charge is 0.303 e. The minimum atomic E-state index is -0.886. The van der Waals surface area contributed by atoms with Crippen LogP contribution in [0.1, 0.15) is 30.1 Å². The van der Waals surface area contributed by atoms with Crippen LogP contribution in [0, 0.1) is 6.92 Å². The van der Waals surface area contributed by atoms with Crippen LogP contribution in [0.4, 0.5) is 0 Å². The number of aromatic nitrogens is 1. The Hall–Kier alpha value is -2.01. The normalized spacial score (nSPS) is 12.8. The van der Waals surface area contributed by atoms with E-state index >= 15 is 0 Å². The van der Waals surface area contributed by atoms with Gasteiger partial charge in [-0.15, -0.1) is 0 Å². The molecule has 5 nitrogen and oxygen atoms in total. The molecule has 0 spiro atoms. The third kappa shape index (κ3) is 2.31. The largest absolute Gasteiger partial charge is 0.507 e. The molecule has 0 aliphatic carbocycles. The van der Waals surface area contributed by atoms with Crippen molar-refractivity contribution in [2.45, 2.75) is 25.8 Å². The topological polar surface area (TPSA) is 99.3 Å². The number of aryl methyl sites for hydroxylation is 1. The van der Waals surface area contributed by atoms with Gasteiger partial charge in [0.05, 0.1) is 0 Å². The maximum absolute atomic E-state index is 10.5. The Labute approximate surface area is 104 Å². The Kier molecular flexibility index (Phi) is 3.25. The van der Waals surface area contributed by atoms with Crippen molar-refractivity contribution in [1.29, 1.82) is 0 Å². The van der Waals surface area contributed by atoms with E-state index < -0.39 is 12.0 Å². The van der Waals surface area contributed by atoms with Crippen molar-refractivity contribution in [2.24, 2.45) is 5.73 Å². The highest BCUT2D eigenvalue weighted by atomic mass is 16.4. The number of aliphatic carboxylic acids is 1. The van der Waals surface area contributed by atoms with Gasteiger partial charge in [-0.05, 0) is 25.5 Å². The Bertz CT molecular complexity index is 589. The molecule has 5 N–H and O–H groups in total. The fourth-order valence-electron chi connectivity index (χ4n) is 2.08. The van der Waals surface area contributed by atoms with Crippen molar-refractivity contribution in [3.8, 4) is 5.75 Å². The van der Waals surface area contributed by atoms with E-state index in [2.05, 4.69) is 4.98 Å². The first kappa shape index (κ1) is 12.4. The molecule has 0 radical (unpaired) electrons. The highest BCUT2D eigenvalue weighted by molar-refractivity contribution is 5.87. The van der Waals surface area contributed by atoms with Gasteiger partial charge in [-0.1, -0.05) is 6.07 Å². The minimum absolute atomic E-state index is 0.00912. The number of carbonyl (C=O) groups is 1. The fourth-order valence-corrected chi connectivity index (χ4v) is 2.08.